The van der Waals surface area contributed by atoms with Crippen LogP contribution in [0.3, 0.4) is 0 Å². The number of fused-ring (bicyclic) bond motifs is 3. The summed E-state index contributed by atoms with van der Waals surface area (Å²) < 4.78 is 1.07. The van der Waals surface area contributed by atoms with E-state index in [2.05, 4.69) is 33.0 Å². The van der Waals surface area contributed by atoms with Crippen LogP contribution in [0.25, 0.3) is 0 Å². The molecular formula is C18H17BrN2O. The highest BCUT2D eigenvalue weighted by Crippen LogP contribution is 2.47. The van der Waals surface area contributed by atoms with Crippen molar-refractivity contribution in [1.82, 2.24) is 9.88 Å². The molecule has 0 saturated carbocycles. The number of carbonyl (C=O) groups is 1. The SMILES string of the molecule is O=C1CC2CCc3c(Br)cncc3C2N1Cc1ccccc1. The molecule has 4 heteroatoms. The first-order valence-corrected chi connectivity index (χ1v) is 8.49. The second-order valence-electron chi connectivity index (χ2n) is 6.14. The van der Waals surface area contributed by atoms with Gasteiger partial charge in [0.2, 0.25) is 5.91 Å². The molecule has 1 fully saturated rings. The first-order valence-electron chi connectivity index (χ1n) is 7.69. The van der Waals surface area contributed by atoms with Crippen LogP contribution < -0.4 is 0 Å². The van der Waals surface area contributed by atoms with E-state index in [9.17, 15) is 4.79 Å². The maximum atomic E-state index is 12.5. The zero-order valence-electron chi connectivity index (χ0n) is 12.2. The molecule has 2 heterocycles. The standard InChI is InChI=1S/C18H17BrN2O/c19-16-10-20-9-15-14(16)7-6-13-8-17(22)21(18(13)15)11-12-4-2-1-3-5-12/h1-5,9-10,13,18H,6-8,11H2. The second-order valence-corrected chi connectivity index (χ2v) is 7.00. The van der Waals surface area contributed by atoms with Gasteiger partial charge in [0, 0.05) is 29.8 Å². The Morgan fingerprint density at radius 3 is 2.86 bits per heavy atom. The van der Waals surface area contributed by atoms with Crippen molar-refractivity contribution in [2.24, 2.45) is 5.92 Å². The molecule has 1 saturated heterocycles. The number of hydrogen-bond donors (Lipinski definition) is 0. The summed E-state index contributed by atoms with van der Waals surface area (Å²) in [5.41, 5.74) is 3.74. The molecule has 1 aliphatic heterocycles. The maximum absolute atomic E-state index is 12.5. The van der Waals surface area contributed by atoms with Crippen molar-refractivity contribution in [2.75, 3.05) is 0 Å². The van der Waals surface area contributed by atoms with Crippen LogP contribution in [0.15, 0.2) is 47.2 Å². The molecule has 2 aliphatic rings. The van der Waals surface area contributed by atoms with Crippen LogP contribution in [-0.4, -0.2) is 15.8 Å². The molecule has 0 spiro atoms. The minimum Gasteiger partial charge on any atom is -0.331 e. The second kappa shape index (κ2) is 5.51. The largest absolute Gasteiger partial charge is 0.331 e. The molecule has 2 atom stereocenters. The van der Waals surface area contributed by atoms with Crippen molar-refractivity contribution in [3.05, 3.63) is 63.9 Å². The van der Waals surface area contributed by atoms with E-state index in [0.717, 1.165) is 17.3 Å². The Bertz CT molecular complexity index is 716. The summed E-state index contributed by atoms with van der Waals surface area (Å²) >= 11 is 3.61. The topological polar surface area (TPSA) is 33.2 Å². The van der Waals surface area contributed by atoms with Crippen molar-refractivity contribution >= 4 is 21.8 Å². The third-order valence-corrected chi connectivity index (χ3v) is 5.54. The van der Waals surface area contributed by atoms with Crippen LogP contribution in [0.2, 0.25) is 0 Å². The molecule has 112 valence electrons. The zero-order valence-corrected chi connectivity index (χ0v) is 13.8. The quantitative estimate of drug-likeness (QED) is 0.817. The number of aromatic nitrogens is 1. The normalized spacial score (nSPS) is 23.3. The molecule has 4 rings (SSSR count). The zero-order chi connectivity index (χ0) is 15.1. The van der Waals surface area contributed by atoms with E-state index in [4.69, 9.17) is 0 Å². The maximum Gasteiger partial charge on any atom is 0.223 e. The summed E-state index contributed by atoms with van der Waals surface area (Å²) in [5, 5.41) is 0. The van der Waals surface area contributed by atoms with E-state index in [-0.39, 0.29) is 11.9 Å². The summed E-state index contributed by atoms with van der Waals surface area (Å²) in [7, 11) is 0. The monoisotopic (exact) mass is 356 g/mol. The molecule has 22 heavy (non-hydrogen) atoms. The Morgan fingerprint density at radius 1 is 1.23 bits per heavy atom. The fourth-order valence-corrected chi connectivity index (χ4v) is 4.38. The van der Waals surface area contributed by atoms with Gasteiger partial charge in [-0.05, 0) is 51.4 Å². The van der Waals surface area contributed by atoms with Gasteiger partial charge in [-0.15, -0.1) is 0 Å². The molecule has 1 aromatic carbocycles. The lowest BCUT2D eigenvalue weighted by Crippen LogP contribution is -2.31. The van der Waals surface area contributed by atoms with Gasteiger partial charge >= 0.3 is 0 Å². The van der Waals surface area contributed by atoms with Crippen LogP contribution in [0.4, 0.5) is 0 Å². The lowest BCUT2D eigenvalue weighted by atomic mass is 9.81. The highest BCUT2D eigenvalue weighted by molar-refractivity contribution is 9.10. The van der Waals surface area contributed by atoms with Crippen LogP contribution >= 0.6 is 15.9 Å². The number of benzene rings is 1. The molecule has 0 radical (unpaired) electrons. The number of rotatable bonds is 2. The molecule has 3 nitrogen and oxygen atoms in total. The Hall–Kier alpha value is -1.68. The van der Waals surface area contributed by atoms with E-state index >= 15 is 0 Å². The van der Waals surface area contributed by atoms with Crippen LogP contribution in [-0.2, 0) is 17.8 Å². The number of likely N-dealkylation sites (tertiary alicyclic amines) is 1. The summed E-state index contributed by atoms with van der Waals surface area (Å²) in [6.07, 6.45) is 6.60. The summed E-state index contributed by atoms with van der Waals surface area (Å²) in [5.74, 6) is 0.700. The highest BCUT2D eigenvalue weighted by Gasteiger charge is 2.43. The predicted octanol–water partition coefficient (Wildman–Crippen LogP) is 3.88. The van der Waals surface area contributed by atoms with Gasteiger partial charge in [-0.25, -0.2) is 0 Å². The molecule has 0 bridgehead atoms. The van der Waals surface area contributed by atoms with Gasteiger partial charge in [0.1, 0.15) is 0 Å². The first-order chi connectivity index (χ1) is 10.7. The summed E-state index contributed by atoms with van der Waals surface area (Å²) in [6.45, 7) is 0.687. The summed E-state index contributed by atoms with van der Waals surface area (Å²) in [4.78, 5) is 18.9. The number of hydrogen-bond acceptors (Lipinski definition) is 2. The minimum absolute atomic E-state index is 0.182. The molecule has 1 aliphatic carbocycles. The Labute approximate surface area is 138 Å². The predicted molar refractivity (Wildman–Crippen MR) is 88.1 cm³/mol. The number of amides is 1. The number of nitrogens with zero attached hydrogens (tertiary/aromatic N) is 2. The van der Waals surface area contributed by atoms with E-state index in [0.29, 0.717) is 18.9 Å². The van der Waals surface area contributed by atoms with Crippen LogP contribution in [0.1, 0.15) is 35.6 Å². The van der Waals surface area contributed by atoms with Gasteiger partial charge in [-0.3, -0.25) is 9.78 Å². The fourth-order valence-electron chi connectivity index (χ4n) is 3.84. The first kappa shape index (κ1) is 13.9. The van der Waals surface area contributed by atoms with Gasteiger partial charge < -0.3 is 4.90 Å². The average Bonchev–Trinajstić information content (AvgIpc) is 2.85. The van der Waals surface area contributed by atoms with E-state index in [1.807, 2.05) is 35.5 Å². The minimum atomic E-state index is 0.182. The Kier molecular flexibility index (Phi) is 3.49. The Balaban J connectivity index is 1.72. The van der Waals surface area contributed by atoms with Crippen LogP contribution in [0, 0.1) is 5.92 Å². The smallest absolute Gasteiger partial charge is 0.223 e. The fraction of sp³-hybridized carbons (Fsp3) is 0.333. The average molecular weight is 357 g/mol. The van der Waals surface area contributed by atoms with Crippen molar-refractivity contribution in [3.63, 3.8) is 0 Å². The van der Waals surface area contributed by atoms with Crippen molar-refractivity contribution < 1.29 is 4.79 Å². The Morgan fingerprint density at radius 2 is 2.05 bits per heavy atom. The molecule has 1 aromatic heterocycles. The van der Waals surface area contributed by atoms with Gasteiger partial charge in [0.15, 0.2) is 0 Å². The van der Waals surface area contributed by atoms with E-state index in [1.165, 1.54) is 16.7 Å². The third kappa shape index (κ3) is 2.26. The van der Waals surface area contributed by atoms with Gasteiger partial charge in [-0.1, -0.05) is 30.3 Å². The number of carbonyl (C=O) groups excluding carboxylic acids is 1. The van der Waals surface area contributed by atoms with Crippen LogP contribution in [0.5, 0.6) is 0 Å². The van der Waals surface area contributed by atoms with E-state index < -0.39 is 0 Å². The molecular weight excluding hydrogens is 340 g/mol. The number of pyridine rings is 1. The molecule has 2 unspecified atom stereocenters. The molecule has 0 N–H and O–H groups in total. The number of halogens is 1. The molecule has 2 aromatic rings. The lowest BCUT2D eigenvalue weighted by Gasteiger charge is -2.34. The third-order valence-electron chi connectivity index (χ3n) is 4.86. The van der Waals surface area contributed by atoms with Crippen molar-refractivity contribution in [2.45, 2.75) is 31.8 Å². The van der Waals surface area contributed by atoms with Gasteiger partial charge in [-0.2, -0.15) is 0 Å². The summed E-state index contributed by atoms with van der Waals surface area (Å²) in [6, 6.07) is 10.4. The highest BCUT2D eigenvalue weighted by atomic mass is 79.9. The lowest BCUT2D eigenvalue weighted by molar-refractivity contribution is -0.129. The van der Waals surface area contributed by atoms with Crippen molar-refractivity contribution in [1.29, 1.82) is 0 Å². The van der Waals surface area contributed by atoms with Gasteiger partial charge in [0.05, 0.1) is 6.04 Å². The van der Waals surface area contributed by atoms with E-state index in [1.54, 1.807) is 0 Å². The van der Waals surface area contributed by atoms with Crippen molar-refractivity contribution in [3.8, 4) is 0 Å². The molecule has 1 amide bonds. The van der Waals surface area contributed by atoms with Gasteiger partial charge in [0.25, 0.3) is 0 Å².